The summed E-state index contributed by atoms with van der Waals surface area (Å²) in [5, 5.41) is 13.0. The van der Waals surface area contributed by atoms with Crippen LogP contribution in [0.4, 0.5) is 0 Å². The average Bonchev–Trinajstić information content (AvgIpc) is 3.15. The van der Waals surface area contributed by atoms with Gasteiger partial charge in [-0.25, -0.2) is 17.8 Å². The number of nitriles is 1. The molecule has 7 heteroatoms. The second-order valence-electron chi connectivity index (χ2n) is 5.08. The Kier molecular flexibility index (Phi) is 4.42. The predicted octanol–water partition coefficient (Wildman–Crippen LogP) is 2.22. The molecule has 1 heterocycles. The molecular weight excluding hydrogens is 324 g/mol. The van der Waals surface area contributed by atoms with E-state index < -0.39 is 10.0 Å². The molecule has 0 aliphatic carbocycles. The maximum absolute atomic E-state index is 12.3. The van der Waals surface area contributed by atoms with Gasteiger partial charge in [0, 0.05) is 18.9 Å². The number of rotatable bonds is 5. The highest BCUT2D eigenvalue weighted by Gasteiger charge is 2.14. The van der Waals surface area contributed by atoms with Crippen LogP contribution in [0.25, 0.3) is 5.69 Å². The molecule has 3 rings (SSSR count). The maximum atomic E-state index is 12.3. The second kappa shape index (κ2) is 6.66. The molecule has 0 unspecified atom stereocenters. The minimum atomic E-state index is -3.68. The minimum Gasteiger partial charge on any atom is -0.241 e. The van der Waals surface area contributed by atoms with Gasteiger partial charge in [0.1, 0.15) is 0 Å². The fourth-order valence-corrected chi connectivity index (χ4v) is 3.29. The molecule has 0 aliphatic rings. The van der Waals surface area contributed by atoms with Crippen LogP contribution in [0, 0.1) is 11.3 Å². The van der Waals surface area contributed by atoms with E-state index in [2.05, 4.69) is 9.82 Å². The van der Waals surface area contributed by atoms with Gasteiger partial charge in [-0.1, -0.05) is 18.2 Å². The van der Waals surface area contributed by atoms with Crippen LogP contribution in [-0.4, -0.2) is 18.2 Å². The highest BCUT2D eigenvalue weighted by Crippen LogP contribution is 2.13. The smallest absolute Gasteiger partial charge is 0.240 e. The SMILES string of the molecule is N#Cc1cccc(S(=O)(=O)NCc2cccc(-n3cccn3)c2)c1. The van der Waals surface area contributed by atoms with Crippen molar-refractivity contribution in [2.75, 3.05) is 0 Å². The van der Waals surface area contributed by atoms with E-state index in [-0.39, 0.29) is 11.4 Å². The molecule has 120 valence electrons. The van der Waals surface area contributed by atoms with Crippen molar-refractivity contribution in [1.29, 1.82) is 5.26 Å². The van der Waals surface area contributed by atoms with E-state index in [1.807, 2.05) is 42.6 Å². The Bertz CT molecular complexity index is 989. The monoisotopic (exact) mass is 338 g/mol. The molecule has 1 N–H and O–H groups in total. The van der Waals surface area contributed by atoms with Gasteiger partial charge in [-0.2, -0.15) is 10.4 Å². The van der Waals surface area contributed by atoms with Crippen LogP contribution in [0.2, 0.25) is 0 Å². The fraction of sp³-hybridized carbons (Fsp3) is 0.0588. The van der Waals surface area contributed by atoms with Crippen molar-refractivity contribution < 1.29 is 8.42 Å². The molecule has 0 atom stereocenters. The van der Waals surface area contributed by atoms with Crippen molar-refractivity contribution in [2.45, 2.75) is 11.4 Å². The Morgan fingerprint density at radius 3 is 2.71 bits per heavy atom. The molecule has 0 aliphatic heterocycles. The first-order chi connectivity index (χ1) is 11.6. The molecule has 0 saturated heterocycles. The zero-order chi connectivity index (χ0) is 17.0. The van der Waals surface area contributed by atoms with Crippen LogP contribution in [0.1, 0.15) is 11.1 Å². The third-order valence-electron chi connectivity index (χ3n) is 3.42. The van der Waals surface area contributed by atoms with Crippen LogP contribution in [0.3, 0.4) is 0 Å². The summed E-state index contributed by atoms with van der Waals surface area (Å²) in [6.07, 6.45) is 3.49. The van der Waals surface area contributed by atoms with Crippen molar-refractivity contribution in [3.05, 3.63) is 78.1 Å². The molecule has 0 fully saturated rings. The van der Waals surface area contributed by atoms with E-state index >= 15 is 0 Å². The summed E-state index contributed by atoms with van der Waals surface area (Å²) in [7, 11) is -3.68. The fourth-order valence-electron chi connectivity index (χ4n) is 2.22. The lowest BCUT2D eigenvalue weighted by molar-refractivity contribution is 0.581. The highest BCUT2D eigenvalue weighted by atomic mass is 32.2. The normalized spacial score (nSPS) is 11.1. The number of benzene rings is 2. The zero-order valence-electron chi connectivity index (χ0n) is 12.6. The number of hydrogen-bond donors (Lipinski definition) is 1. The first-order valence-corrected chi connectivity index (χ1v) is 8.65. The lowest BCUT2D eigenvalue weighted by Gasteiger charge is -2.09. The van der Waals surface area contributed by atoms with E-state index in [9.17, 15) is 8.42 Å². The quantitative estimate of drug-likeness (QED) is 0.772. The molecule has 24 heavy (non-hydrogen) atoms. The molecule has 0 bridgehead atoms. The molecule has 0 amide bonds. The van der Waals surface area contributed by atoms with Crippen LogP contribution < -0.4 is 4.72 Å². The Balaban J connectivity index is 1.78. The van der Waals surface area contributed by atoms with Gasteiger partial charge in [0.15, 0.2) is 0 Å². The van der Waals surface area contributed by atoms with E-state index in [1.165, 1.54) is 12.1 Å². The molecule has 2 aromatic carbocycles. The van der Waals surface area contributed by atoms with Crippen molar-refractivity contribution in [3.8, 4) is 11.8 Å². The molecule has 0 saturated carbocycles. The summed E-state index contributed by atoms with van der Waals surface area (Å²) in [5.74, 6) is 0. The van der Waals surface area contributed by atoms with Crippen LogP contribution in [-0.2, 0) is 16.6 Å². The lowest BCUT2D eigenvalue weighted by atomic mass is 10.2. The highest BCUT2D eigenvalue weighted by molar-refractivity contribution is 7.89. The number of hydrogen-bond acceptors (Lipinski definition) is 4. The zero-order valence-corrected chi connectivity index (χ0v) is 13.4. The van der Waals surface area contributed by atoms with Gasteiger partial charge in [0.05, 0.1) is 22.2 Å². The van der Waals surface area contributed by atoms with Gasteiger partial charge in [0.2, 0.25) is 10.0 Å². The van der Waals surface area contributed by atoms with Crippen molar-refractivity contribution >= 4 is 10.0 Å². The summed E-state index contributed by atoms with van der Waals surface area (Å²) in [5.41, 5.74) is 1.96. The van der Waals surface area contributed by atoms with Crippen LogP contribution in [0.15, 0.2) is 71.9 Å². The van der Waals surface area contributed by atoms with Gasteiger partial charge in [-0.3, -0.25) is 0 Å². The van der Waals surface area contributed by atoms with Crippen molar-refractivity contribution in [1.82, 2.24) is 14.5 Å². The molecular formula is C17H14N4O2S. The molecule has 1 aromatic heterocycles. The number of nitrogens with one attached hydrogen (secondary N) is 1. The van der Waals surface area contributed by atoms with E-state index in [4.69, 9.17) is 5.26 Å². The third kappa shape index (κ3) is 3.51. The molecule has 6 nitrogen and oxygen atoms in total. The van der Waals surface area contributed by atoms with E-state index in [0.29, 0.717) is 5.56 Å². The first-order valence-electron chi connectivity index (χ1n) is 7.17. The Morgan fingerprint density at radius 2 is 1.96 bits per heavy atom. The molecule has 0 spiro atoms. The Labute approximate surface area is 140 Å². The molecule has 0 radical (unpaired) electrons. The summed E-state index contributed by atoms with van der Waals surface area (Å²) in [6.45, 7) is 0.147. The number of aromatic nitrogens is 2. The van der Waals surface area contributed by atoms with Gasteiger partial charge in [-0.05, 0) is 42.0 Å². The summed E-state index contributed by atoms with van der Waals surface area (Å²) < 4.78 is 28.9. The van der Waals surface area contributed by atoms with Crippen molar-refractivity contribution in [2.24, 2.45) is 0 Å². The second-order valence-corrected chi connectivity index (χ2v) is 6.85. The number of nitrogens with zero attached hydrogens (tertiary/aromatic N) is 3. The largest absolute Gasteiger partial charge is 0.241 e. The van der Waals surface area contributed by atoms with Crippen LogP contribution in [0.5, 0.6) is 0 Å². The van der Waals surface area contributed by atoms with Crippen molar-refractivity contribution in [3.63, 3.8) is 0 Å². The third-order valence-corrected chi connectivity index (χ3v) is 4.82. The maximum Gasteiger partial charge on any atom is 0.240 e. The van der Waals surface area contributed by atoms with Crippen LogP contribution >= 0.6 is 0 Å². The summed E-state index contributed by atoms with van der Waals surface area (Å²) in [6, 6.07) is 17.1. The van der Waals surface area contributed by atoms with E-state index in [1.54, 1.807) is 23.0 Å². The number of sulfonamides is 1. The van der Waals surface area contributed by atoms with Gasteiger partial charge in [-0.15, -0.1) is 0 Å². The Morgan fingerprint density at radius 1 is 1.12 bits per heavy atom. The molecule has 3 aromatic rings. The minimum absolute atomic E-state index is 0.0739. The first kappa shape index (κ1) is 15.9. The standard InChI is InChI=1S/C17H14N4O2S/c18-12-14-4-2-7-17(11-14)24(22,23)20-13-15-5-1-6-16(10-15)21-9-3-8-19-21/h1-11,20H,13H2. The van der Waals surface area contributed by atoms with E-state index in [0.717, 1.165) is 11.3 Å². The van der Waals surface area contributed by atoms with Gasteiger partial charge < -0.3 is 0 Å². The topological polar surface area (TPSA) is 87.8 Å². The summed E-state index contributed by atoms with van der Waals surface area (Å²) >= 11 is 0. The lowest BCUT2D eigenvalue weighted by Crippen LogP contribution is -2.23. The summed E-state index contributed by atoms with van der Waals surface area (Å²) in [4.78, 5) is 0.0739. The van der Waals surface area contributed by atoms with Gasteiger partial charge in [0.25, 0.3) is 0 Å². The van der Waals surface area contributed by atoms with Gasteiger partial charge >= 0.3 is 0 Å². The average molecular weight is 338 g/mol. The predicted molar refractivity (Wildman–Crippen MR) is 88.7 cm³/mol. The Hall–Kier alpha value is -2.95.